The number of aromatic nitrogens is 2. The van der Waals surface area contributed by atoms with Gasteiger partial charge in [0.25, 0.3) is 5.69 Å². The first-order chi connectivity index (χ1) is 10.4. The van der Waals surface area contributed by atoms with E-state index in [0.717, 1.165) is 4.88 Å². The number of nitrogens with zero attached hydrogens (tertiary/aromatic N) is 3. The number of rotatable bonds is 3. The lowest BCUT2D eigenvalue weighted by Crippen LogP contribution is -1.94. The van der Waals surface area contributed by atoms with Gasteiger partial charge in [0.15, 0.2) is 11.2 Å². The van der Waals surface area contributed by atoms with E-state index in [2.05, 4.69) is 4.98 Å². The number of carbonyl (C=O) groups excluding carboxylic acids is 1. The Bertz CT molecular complexity index is 932. The van der Waals surface area contributed by atoms with E-state index >= 15 is 0 Å². The molecule has 0 saturated heterocycles. The fourth-order valence-corrected chi connectivity index (χ4v) is 3.52. The number of aryl methyl sites for hydroxylation is 1. The Morgan fingerprint density at radius 2 is 2.09 bits per heavy atom. The molecular formula is C13H7Cl2N3O3S. The van der Waals surface area contributed by atoms with Gasteiger partial charge in [0.2, 0.25) is 0 Å². The van der Waals surface area contributed by atoms with Crippen LogP contribution in [0.4, 0.5) is 5.69 Å². The summed E-state index contributed by atoms with van der Waals surface area (Å²) < 4.78 is 1.64. The second-order valence-electron chi connectivity index (χ2n) is 4.50. The van der Waals surface area contributed by atoms with Crippen LogP contribution in [0.25, 0.3) is 16.2 Å². The number of hydrogen-bond acceptors (Lipinski definition) is 5. The maximum absolute atomic E-state index is 11.4. The number of aldehydes is 1. The number of thiazole rings is 1. The number of halogens is 2. The van der Waals surface area contributed by atoms with Crippen molar-refractivity contribution >= 4 is 51.5 Å². The second-order valence-corrected chi connectivity index (χ2v) is 6.53. The van der Waals surface area contributed by atoms with E-state index in [1.165, 1.54) is 23.5 Å². The molecule has 0 N–H and O–H groups in total. The summed E-state index contributed by atoms with van der Waals surface area (Å²) in [6.45, 7) is 1.90. The third-order valence-electron chi connectivity index (χ3n) is 3.08. The van der Waals surface area contributed by atoms with Crippen LogP contribution in [0.2, 0.25) is 10.0 Å². The number of nitro benzene ring substituents is 1. The van der Waals surface area contributed by atoms with Crippen LogP contribution in [0.15, 0.2) is 18.3 Å². The zero-order chi connectivity index (χ0) is 16.0. The molecule has 9 heteroatoms. The topological polar surface area (TPSA) is 77.5 Å². The van der Waals surface area contributed by atoms with E-state index in [1.54, 1.807) is 10.6 Å². The molecule has 0 saturated carbocycles. The maximum Gasteiger partial charge on any atom is 0.288 e. The lowest BCUT2D eigenvalue weighted by Gasteiger charge is -2.04. The van der Waals surface area contributed by atoms with Gasteiger partial charge in [-0.25, -0.2) is 4.98 Å². The SMILES string of the molecule is Cc1cn2c(C=O)c(-c3cc([N+](=O)[O-])c(Cl)cc3Cl)nc2s1. The molecular weight excluding hydrogens is 349 g/mol. The Morgan fingerprint density at radius 1 is 1.36 bits per heavy atom. The Labute approximate surface area is 138 Å². The highest BCUT2D eigenvalue weighted by Crippen LogP contribution is 2.38. The molecule has 0 spiro atoms. The lowest BCUT2D eigenvalue weighted by molar-refractivity contribution is -0.384. The molecule has 0 bridgehead atoms. The summed E-state index contributed by atoms with van der Waals surface area (Å²) in [5, 5.41) is 11.2. The van der Waals surface area contributed by atoms with Gasteiger partial charge in [-0.1, -0.05) is 23.2 Å². The number of hydrogen-bond donors (Lipinski definition) is 0. The first-order valence-corrected chi connectivity index (χ1v) is 7.57. The number of carbonyl (C=O) groups is 1. The van der Waals surface area contributed by atoms with Crippen molar-refractivity contribution in [1.82, 2.24) is 9.38 Å². The minimum absolute atomic E-state index is 0.0664. The number of nitro groups is 1. The van der Waals surface area contributed by atoms with Gasteiger partial charge in [0.1, 0.15) is 16.4 Å². The predicted molar refractivity (Wildman–Crippen MR) is 85.3 cm³/mol. The van der Waals surface area contributed by atoms with E-state index in [9.17, 15) is 14.9 Å². The molecule has 2 aromatic heterocycles. The molecule has 2 heterocycles. The summed E-state index contributed by atoms with van der Waals surface area (Å²) in [7, 11) is 0. The monoisotopic (exact) mass is 355 g/mol. The fraction of sp³-hybridized carbons (Fsp3) is 0.0769. The molecule has 0 aliphatic carbocycles. The predicted octanol–water partition coefficient (Wildman–Crippen LogP) is 4.40. The van der Waals surface area contributed by atoms with E-state index in [-0.39, 0.29) is 21.4 Å². The Hall–Kier alpha value is -1.96. The molecule has 0 radical (unpaired) electrons. The Balaban J connectivity index is 2.31. The Morgan fingerprint density at radius 3 is 2.73 bits per heavy atom. The zero-order valence-corrected chi connectivity index (χ0v) is 13.4. The van der Waals surface area contributed by atoms with Gasteiger partial charge in [-0.05, 0) is 13.0 Å². The van der Waals surface area contributed by atoms with Gasteiger partial charge in [-0.15, -0.1) is 11.3 Å². The molecule has 0 unspecified atom stereocenters. The summed E-state index contributed by atoms with van der Waals surface area (Å²) in [4.78, 5) is 27.8. The molecule has 1 aromatic carbocycles. The molecule has 0 atom stereocenters. The van der Waals surface area contributed by atoms with Crippen LogP contribution >= 0.6 is 34.5 Å². The highest BCUT2D eigenvalue weighted by Gasteiger charge is 2.22. The highest BCUT2D eigenvalue weighted by atomic mass is 35.5. The van der Waals surface area contributed by atoms with Crippen molar-refractivity contribution in [3.63, 3.8) is 0 Å². The van der Waals surface area contributed by atoms with Crippen molar-refractivity contribution in [3.05, 3.63) is 49.1 Å². The normalized spacial score (nSPS) is 11.0. The fourth-order valence-electron chi connectivity index (χ4n) is 2.14. The van der Waals surface area contributed by atoms with Gasteiger partial charge in [0.05, 0.1) is 9.95 Å². The van der Waals surface area contributed by atoms with E-state index in [0.29, 0.717) is 22.5 Å². The van der Waals surface area contributed by atoms with Crippen molar-refractivity contribution in [2.75, 3.05) is 0 Å². The zero-order valence-electron chi connectivity index (χ0n) is 11.0. The summed E-state index contributed by atoms with van der Waals surface area (Å²) in [6.07, 6.45) is 2.43. The molecule has 0 aliphatic rings. The van der Waals surface area contributed by atoms with Crippen LogP contribution in [-0.2, 0) is 0 Å². The van der Waals surface area contributed by atoms with Crippen LogP contribution in [0.1, 0.15) is 15.4 Å². The molecule has 112 valence electrons. The van der Waals surface area contributed by atoms with Gasteiger partial charge in [0, 0.05) is 22.7 Å². The van der Waals surface area contributed by atoms with Crippen LogP contribution in [-0.4, -0.2) is 20.6 Å². The largest absolute Gasteiger partial charge is 0.296 e. The van der Waals surface area contributed by atoms with Gasteiger partial charge in [-0.2, -0.15) is 0 Å². The Kier molecular flexibility index (Phi) is 3.64. The van der Waals surface area contributed by atoms with Crippen LogP contribution in [0.3, 0.4) is 0 Å². The van der Waals surface area contributed by atoms with Crippen molar-refractivity contribution in [3.8, 4) is 11.3 Å². The number of fused-ring (bicyclic) bond motifs is 1. The van der Waals surface area contributed by atoms with Crippen molar-refractivity contribution in [1.29, 1.82) is 0 Å². The summed E-state index contributed by atoms with van der Waals surface area (Å²) in [5.74, 6) is 0. The number of benzene rings is 1. The van der Waals surface area contributed by atoms with Crippen molar-refractivity contribution in [2.24, 2.45) is 0 Å². The minimum atomic E-state index is -0.606. The second kappa shape index (κ2) is 5.35. The van der Waals surface area contributed by atoms with Crippen molar-refractivity contribution in [2.45, 2.75) is 6.92 Å². The third-order valence-corrected chi connectivity index (χ3v) is 4.59. The average molecular weight is 356 g/mol. The molecule has 3 aromatic rings. The molecule has 0 amide bonds. The molecule has 22 heavy (non-hydrogen) atoms. The molecule has 0 fully saturated rings. The third kappa shape index (κ3) is 2.27. The first kappa shape index (κ1) is 15.0. The summed E-state index contributed by atoms with van der Waals surface area (Å²) >= 11 is 13.4. The van der Waals surface area contributed by atoms with Gasteiger partial charge >= 0.3 is 0 Å². The van der Waals surface area contributed by atoms with E-state index < -0.39 is 4.92 Å². The first-order valence-electron chi connectivity index (χ1n) is 6.00. The van der Waals surface area contributed by atoms with Gasteiger partial charge in [-0.3, -0.25) is 19.3 Å². The average Bonchev–Trinajstić information content (AvgIpc) is 2.93. The molecule has 0 aliphatic heterocycles. The van der Waals surface area contributed by atoms with Crippen LogP contribution in [0, 0.1) is 17.0 Å². The maximum atomic E-state index is 11.4. The standard InChI is InChI=1S/C13H7Cl2N3O3S/c1-6-4-17-11(5-19)12(16-13(17)22-6)7-2-10(18(20)21)9(15)3-8(7)14/h2-5H,1H3. The lowest BCUT2D eigenvalue weighted by atomic mass is 10.1. The van der Waals surface area contributed by atoms with E-state index in [1.807, 2.05) is 6.92 Å². The molecule has 3 rings (SSSR count). The molecule has 6 nitrogen and oxygen atoms in total. The summed E-state index contributed by atoms with van der Waals surface area (Å²) in [5.41, 5.74) is 0.600. The van der Waals surface area contributed by atoms with E-state index in [4.69, 9.17) is 23.2 Å². The smallest absolute Gasteiger partial charge is 0.288 e. The quantitative estimate of drug-likeness (QED) is 0.396. The van der Waals surface area contributed by atoms with Crippen LogP contribution in [0.5, 0.6) is 0 Å². The van der Waals surface area contributed by atoms with Gasteiger partial charge < -0.3 is 0 Å². The van der Waals surface area contributed by atoms with Crippen molar-refractivity contribution < 1.29 is 9.72 Å². The van der Waals surface area contributed by atoms with Crippen LogP contribution < -0.4 is 0 Å². The minimum Gasteiger partial charge on any atom is -0.296 e. The highest BCUT2D eigenvalue weighted by molar-refractivity contribution is 7.17. The summed E-state index contributed by atoms with van der Waals surface area (Å²) in [6, 6.07) is 2.51. The number of imidazole rings is 1.